The molecule has 1 fully saturated rings. The van der Waals surface area contributed by atoms with Crippen LogP contribution >= 0.6 is 0 Å². The fourth-order valence-electron chi connectivity index (χ4n) is 3.51. The number of hydrogen-bond acceptors (Lipinski definition) is 4. The molecule has 130 valence electrons. The molecule has 2 radical (unpaired) electrons. The zero-order valence-electron chi connectivity index (χ0n) is 15.0. The average molecular weight is 343 g/mol. The second-order valence-corrected chi connectivity index (χ2v) is 6.90. The summed E-state index contributed by atoms with van der Waals surface area (Å²) in [6.45, 7) is 6.27. The maximum Gasteiger partial charge on any atom is 0.123 e. The molecule has 4 rings (SSSR count). The molecule has 2 aromatic heterocycles. The van der Waals surface area contributed by atoms with Crippen LogP contribution in [0.15, 0.2) is 49.1 Å². The highest BCUT2D eigenvalue weighted by molar-refractivity contribution is 6.42. The minimum atomic E-state index is 0.454. The average Bonchev–Trinajstić information content (AvgIpc) is 3.11. The van der Waals surface area contributed by atoms with Gasteiger partial charge in [-0.3, -0.25) is 4.68 Å². The van der Waals surface area contributed by atoms with E-state index in [0.717, 1.165) is 53.5 Å². The van der Waals surface area contributed by atoms with Crippen molar-refractivity contribution in [2.45, 2.75) is 12.8 Å². The molecule has 26 heavy (non-hydrogen) atoms. The molecule has 0 unspecified atom stereocenters. The molecule has 3 heterocycles. The number of nitrogens with one attached hydrogen (secondary N) is 2. The molecule has 2 N–H and O–H groups in total. The number of benzene rings is 1. The number of aryl methyl sites for hydroxylation is 1. The smallest absolute Gasteiger partial charge is 0.123 e. The topological polar surface area (TPSA) is 54.8 Å². The van der Waals surface area contributed by atoms with E-state index in [2.05, 4.69) is 39.4 Å². The van der Waals surface area contributed by atoms with Crippen molar-refractivity contribution in [3.05, 3.63) is 49.1 Å². The van der Waals surface area contributed by atoms with E-state index in [1.807, 2.05) is 31.7 Å². The summed E-state index contributed by atoms with van der Waals surface area (Å²) in [5.74, 6) is 1.14. The van der Waals surface area contributed by atoms with Crippen LogP contribution in [-0.2, 0) is 7.05 Å². The number of hydrogen-bond donors (Lipinski definition) is 2. The van der Waals surface area contributed by atoms with Gasteiger partial charge in [0.15, 0.2) is 0 Å². The Labute approximate surface area is 154 Å². The van der Waals surface area contributed by atoms with Crippen molar-refractivity contribution in [3.63, 3.8) is 0 Å². The quantitative estimate of drug-likeness (QED) is 0.714. The number of rotatable bonds is 4. The number of piperidine rings is 1. The first-order chi connectivity index (χ1) is 12.6. The Morgan fingerprint density at radius 3 is 2.81 bits per heavy atom. The first-order valence-corrected chi connectivity index (χ1v) is 8.95. The third-order valence-corrected chi connectivity index (χ3v) is 5.08. The first-order valence-electron chi connectivity index (χ1n) is 8.95. The van der Waals surface area contributed by atoms with Crippen LogP contribution in [0, 0.1) is 5.92 Å². The molecule has 0 bridgehead atoms. The highest BCUT2D eigenvalue weighted by Gasteiger charge is 2.17. The second kappa shape index (κ2) is 6.96. The zero-order valence-corrected chi connectivity index (χ0v) is 15.0. The van der Waals surface area contributed by atoms with Gasteiger partial charge in [-0.05, 0) is 53.8 Å². The summed E-state index contributed by atoms with van der Waals surface area (Å²) < 4.78 is 1.80. The summed E-state index contributed by atoms with van der Waals surface area (Å²) in [6, 6.07) is 6.22. The largest absolute Gasteiger partial charge is 0.345 e. The fraction of sp³-hybridized carbons (Fsp3) is 0.300. The molecule has 1 saturated heterocycles. The van der Waals surface area contributed by atoms with Crippen molar-refractivity contribution in [2.24, 2.45) is 13.0 Å². The Hall–Kier alpha value is -2.60. The van der Waals surface area contributed by atoms with Gasteiger partial charge in [-0.1, -0.05) is 18.7 Å². The third-order valence-electron chi connectivity index (χ3n) is 5.08. The minimum absolute atomic E-state index is 0.454. The van der Waals surface area contributed by atoms with Crippen molar-refractivity contribution >= 4 is 29.9 Å². The standard InChI is InChI=1S/C20H22BN5/c1-13(14-5-7-22-8-6-14)25-20-19(21)18-9-15(3-4-16(18)10-23-20)17-11-24-26(2)12-17/h3-4,9-12,14,22H,1,5-8H2,2H3,(H,23,25). The van der Waals surface area contributed by atoms with E-state index in [4.69, 9.17) is 7.85 Å². The van der Waals surface area contributed by atoms with Gasteiger partial charge in [0, 0.05) is 36.6 Å². The lowest BCUT2D eigenvalue weighted by atomic mass is 9.89. The Kier molecular flexibility index (Phi) is 4.51. The van der Waals surface area contributed by atoms with E-state index in [9.17, 15) is 0 Å². The number of anilines is 1. The maximum atomic E-state index is 6.45. The van der Waals surface area contributed by atoms with Crippen LogP contribution in [0.1, 0.15) is 12.8 Å². The summed E-state index contributed by atoms with van der Waals surface area (Å²) in [7, 11) is 8.36. The van der Waals surface area contributed by atoms with E-state index in [-0.39, 0.29) is 0 Å². The van der Waals surface area contributed by atoms with E-state index >= 15 is 0 Å². The highest BCUT2D eigenvalue weighted by atomic mass is 15.2. The Balaban J connectivity index is 1.65. The molecule has 1 aromatic carbocycles. The number of fused-ring (bicyclic) bond motifs is 1. The van der Waals surface area contributed by atoms with Crippen LogP contribution in [0.4, 0.5) is 5.82 Å². The lowest BCUT2D eigenvalue weighted by molar-refractivity contribution is 0.422. The lowest BCUT2D eigenvalue weighted by Crippen LogP contribution is -2.30. The molecule has 5 nitrogen and oxygen atoms in total. The van der Waals surface area contributed by atoms with E-state index in [1.54, 1.807) is 4.68 Å². The number of pyridine rings is 1. The molecular formula is C20H22BN5. The zero-order chi connectivity index (χ0) is 18.1. The van der Waals surface area contributed by atoms with Gasteiger partial charge < -0.3 is 10.6 Å². The predicted octanol–water partition coefficient (Wildman–Crippen LogP) is 2.35. The monoisotopic (exact) mass is 343 g/mol. The van der Waals surface area contributed by atoms with Crippen LogP contribution in [0.5, 0.6) is 0 Å². The summed E-state index contributed by atoms with van der Waals surface area (Å²) in [4.78, 5) is 4.52. The molecule has 0 saturated carbocycles. The van der Waals surface area contributed by atoms with Crippen LogP contribution in [-0.4, -0.2) is 35.7 Å². The summed E-state index contributed by atoms with van der Waals surface area (Å²) in [5, 5.41) is 13.0. The molecule has 0 amide bonds. The van der Waals surface area contributed by atoms with E-state index in [1.165, 1.54) is 0 Å². The van der Waals surface area contributed by atoms with Gasteiger partial charge in [0.05, 0.1) is 6.20 Å². The number of nitrogens with zero attached hydrogens (tertiary/aromatic N) is 3. The van der Waals surface area contributed by atoms with Crippen molar-refractivity contribution in [1.82, 2.24) is 20.1 Å². The number of aromatic nitrogens is 3. The van der Waals surface area contributed by atoms with Gasteiger partial charge in [-0.25, -0.2) is 4.98 Å². The van der Waals surface area contributed by atoms with Crippen molar-refractivity contribution in [1.29, 1.82) is 0 Å². The van der Waals surface area contributed by atoms with E-state index in [0.29, 0.717) is 17.2 Å². The first kappa shape index (κ1) is 16.9. The maximum absolute atomic E-state index is 6.45. The predicted molar refractivity (Wildman–Crippen MR) is 108 cm³/mol. The molecule has 0 spiro atoms. The van der Waals surface area contributed by atoms with Crippen molar-refractivity contribution in [2.75, 3.05) is 18.4 Å². The SMILES string of the molecule is [B]c1c(NC(=C)C2CCNCC2)ncc2ccc(-c3cnn(C)c3)cc12. The van der Waals surface area contributed by atoms with Crippen LogP contribution in [0.3, 0.4) is 0 Å². The van der Waals surface area contributed by atoms with Gasteiger partial charge in [-0.2, -0.15) is 5.10 Å². The third kappa shape index (κ3) is 3.25. The van der Waals surface area contributed by atoms with E-state index < -0.39 is 0 Å². The highest BCUT2D eigenvalue weighted by Crippen LogP contribution is 2.25. The summed E-state index contributed by atoms with van der Waals surface area (Å²) in [6.07, 6.45) is 7.89. The number of allylic oxidation sites excluding steroid dienone is 1. The van der Waals surface area contributed by atoms with Crippen LogP contribution in [0.25, 0.3) is 21.9 Å². The Morgan fingerprint density at radius 2 is 2.08 bits per heavy atom. The minimum Gasteiger partial charge on any atom is -0.345 e. The van der Waals surface area contributed by atoms with Crippen LogP contribution in [0.2, 0.25) is 0 Å². The lowest BCUT2D eigenvalue weighted by Gasteiger charge is -2.25. The molecule has 0 aliphatic carbocycles. The summed E-state index contributed by atoms with van der Waals surface area (Å²) in [5.41, 5.74) is 3.81. The fourth-order valence-corrected chi connectivity index (χ4v) is 3.51. The molecule has 1 aliphatic heterocycles. The van der Waals surface area contributed by atoms with Gasteiger partial charge in [0.25, 0.3) is 0 Å². The van der Waals surface area contributed by atoms with Gasteiger partial charge in [0.1, 0.15) is 13.7 Å². The Morgan fingerprint density at radius 1 is 1.27 bits per heavy atom. The summed E-state index contributed by atoms with van der Waals surface area (Å²) >= 11 is 0. The molecule has 6 heteroatoms. The van der Waals surface area contributed by atoms with Crippen LogP contribution < -0.4 is 16.1 Å². The van der Waals surface area contributed by atoms with Gasteiger partial charge >= 0.3 is 0 Å². The van der Waals surface area contributed by atoms with Gasteiger partial charge in [0.2, 0.25) is 0 Å². The normalized spacial score (nSPS) is 15.3. The Bertz CT molecular complexity index is 956. The molecular weight excluding hydrogens is 321 g/mol. The molecule has 1 aliphatic rings. The van der Waals surface area contributed by atoms with Crippen molar-refractivity contribution < 1.29 is 0 Å². The molecule has 0 atom stereocenters. The van der Waals surface area contributed by atoms with Gasteiger partial charge in [-0.15, -0.1) is 0 Å². The van der Waals surface area contributed by atoms with Crippen molar-refractivity contribution in [3.8, 4) is 11.1 Å². The molecule has 3 aromatic rings. The second-order valence-electron chi connectivity index (χ2n) is 6.90.